The van der Waals surface area contributed by atoms with E-state index in [0.29, 0.717) is 11.5 Å². The lowest BCUT2D eigenvalue weighted by molar-refractivity contribution is 0.000831. The molecule has 0 spiro atoms. The van der Waals surface area contributed by atoms with Crippen LogP contribution in [0.15, 0.2) is 4.99 Å². The monoisotopic (exact) mass is 424 g/mol. The third-order valence-electron chi connectivity index (χ3n) is 5.11. The lowest BCUT2D eigenvalue weighted by Gasteiger charge is -2.33. The van der Waals surface area contributed by atoms with Crippen molar-refractivity contribution in [2.45, 2.75) is 39.7 Å². The molecule has 2 saturated heterocycles. The smallest absolute Gasteiger partial charge is 0.193 e. The highest BCUT2D eigenvalue weighted by molar-refractivity contribution is 14.0. The zero-order chi connectivity index (χ0) is 15.3. The van der Waals surface area contributed by atoms with Gasteiger partial charge in [0.1, 0.15) is 0 Å². The first-order chi connectivity index (χ1) is 10.1. The Morgan fingerprint density at radius 1 is 1.41 bits per heavy atom. The van der Waals surface area contributed by atoms with Crippen LogP contribution in [0, 0.1) is 5.41 Å². The first-order valence-electron chi connectivity index (χ1n) is 8.35. The van der Waals surface area contributed by atoms with Crippen molar-refractivity contribution in [2.75, 3.05) is 53.0 Å². The van der Waals surface area contributed by atoms with E-state index < -0.39 is 0 Å². The van der Waals surface area contributed by atoms with Gasteiger partial charge >= 0.3 is 0 Å². The minimum atomic E-state index is 0. The average Bonchev–Trinajstić information content (AvgIpc) is 2.88. The van der Waals surface area contributed by atoms with Crippen molar-refractivity contribution in [1.29, 1.82) is 0 Å². The molecule has 0 aromatic heterocycles. The van der Waals surface area contributed by atoms with Crippen LogP contribution in [-0.4, -0.2) is 74.8 Å². The molecule has 5 nitrogen and oxygen atoms in total. The zero-order valence-electron chi connectivity index (χ0n) is 14.6. The highest BCUT2D eigenvalue weighted by Crippen LogP contribution is 2.32. The quantitative estimate of drug-likeness (QED) is 0.426. The summed E-state index contributed by atoms with van der Waals surface area (Å²) in [6.45, 7) is 13.9. The van der Waals surface area contributed by atoms with E-state index in [-0.39, 0.29) is 24.0 Å². The van der Waals surface area contributed by atoms with Crippen LogP contribution in [-0.2, 0) is 4.74 Å². The number of aliphatic imine (C=N–C) groups is 1. The maximum Gasteiger partial charge on any atom is 0.193 e. The number of ether oxygens (including phenoxy) is 1. The lowest BCUT2D eigenvalue weighted by atomic mass is 9.87. The van der Waals surface area contributed by atoms with Crippen LogP contribution in [0.4, 0.5) is 0 Å². The molecule has 1 N–H and O–H groups in total. The molecule has 2 aliphatic rings. The maximum atomic E-state index is 5.48. The number of nitrogens with zero attached hydrogens (tertiary/aromatic N) is 3. The number of guanidine groups is 1. The predicted octanol–water partition coefficient (Wildman–Crippen LogP) is 2.02. The summed E-state index contributed by atoms with van der Waals surface area (Å²) in [5.74, 6) is 1.06. The molecule has 0 aliphatic carbocycles. The molecule has 130 valence electrons. The highest BCUT2D eigenvalue weighted by Gasteiger charge is 2.33. The van der Waals surface area contributed by atoms with Crippen molar-refractivity contribution >= 4 is 29.9 Å². The number of morpholine rings is 1. The van der Waals surface area contributed by atoms with Gasteiger partial charge in [0.2, 0.25) is 0 Å². The van der Waals surface area contributed by atoms with Crippen molar-refractivity contribution < 1.29 is 4.74 Å². The molecule has 0 amide bonds. The van der Waals surface area contributed by atoms with Crippen LogP contribution in [0.5, 0.6) is 0 Å². The standard InChI is InChI=1S/C16H32N4O.HI/c1-5-16(3)6-8-20(13-16)15(17-4)18-7-9-19-10-11-21-12-14(19)2;/h14H,5-13H2,1-4H3,(H,17,18);1H. The molecule has 2 unspecified atom stereocenters. The largest absolute Gasteiger partial charge is 0.379 e. The molecule has 0 radical (unpaired) electrons. The van der Waals surface area contributed by atoms with Crippen LogP contribution >= 0.6 is 24.0 Å². The van der Waals surface area contributed by atoms with Gasteiger partial charge in [-0.15, -0.1) is 24.0 Å². The van der Waals surface area contributed by atoms with Gasteiger partial charge in [0, 0.05) is 45.8 Å². The summed E-state index contributed by atoms with van der Waals surface area (Å²) >= 11 is 0. The Bertz CT molecular complexity index is 366. The van der Waals surface area contributed by atoms with Crippen molar-refractivity contribution in [1.82, 2.24) is 15.1 Å². The molecule has 0 aromatic rings. The molecule has 2 atom stereocenters. The Hall–Kier alpha value is -0.0800. The SMILES string of the molecule is CCC1(C)CCN(C(=NC)NCCN2CCOCC2C)C1.I. The molecule has 2 rings (SSSR count). The van der Waals surface area contributed by atoms with Crippen LogP contribution in [0.25, 0.3) is 0 Å². The van der Waals surface area contributed by atoms with Crippen molar-refractivity contribution in [3.8, 4) is 0 Å². The molecular weight excluding hydrogens is 391 g/mol. The van der Waals surface area contributed by atoms with Crippen molar-refractivity contribution in [3.05, 3.63) is 0 Å². The maximum absolute atomic E-state index is 5.48. The van der Waals surface area contributed by atoms with E-state index in [0.717, 1.165) is 51.9 Å². The first kappa shape index (κ1) is 20.0. The Morgan fingerprint density at radius 3 is 2.77 bits per heavy atom. The fourth-order valence-corrected chi connectivity index (χ4v) is 3.23. The van der Waals surface area contributed by atoms with E-state index in [1.165, 1.54) is 12.8 Å². The van der Waals surface area contributed by atoms with Gasteiger partial charge in [-0.05, 0) is 25.2 Å². The van der Waals surface area contributed by atoms with E-state index in [1.807, 2.05) is 7.05 Å². The normalized spacial score (nSPS) is 30.3. The Labute approximate surface area is 152 Å². The van der Waals surface area contributed by atoms with E-state index in [4.69, 9.17) is 4.74 Å². The van der Waals surface area contributed by atoms with Gasteiger partial charge in [-0.3, -0.25) is 9.89 Å². The number of likely N-dealkylation sites (tertiary alicyclic amines) is 1. The molecule has 2 aliphatic heterocycles. The van der Waals surface area contributed by atoms with E-state index >= 15 is 0 Å². The number of hydrogen-bond acceptors (Lipinski definition) is 3. The van der Waals surface area contributed by atoms with Gasteiger partial charge in [0.15, 0.2) is 5.96 Å². The summed E-state index contributed by atoms with van der Waals surface area (Å²) in [7, 11) is 1.89. The topological polar surface area (TPSA) is 40.1 Å². The number of nitrogens with one attached hydrogen (secondary N) is 1. The molecular formula is C16H33IN4O. The number of halogens is 1. The summed E-state index contributed by atoms with van der Waals surface area (Å²) in [5, 5.41) is 3.53. The minimum absolute atomic E-state index is 0. The van der Waals surface area contributed by atoms with Gasteiger partial charge in [-0.1, -0.05) is 13.8 Å². The summed E-state index contributed by atoms with van der Waals surface area (Å²) in [5.41, 5.74) is 0.455. The third-order valence-corrected chi connectivity index (χ3v) is 5.11. The summed E-state index contributed by atoms with van der Waals surface area (Å²) in [6, 6.07) is 0.526. The van der Waals surface area contributed by atoms with E-state index in [1.54, 1.807) is 0 Å². The average molecular weight is 424 g/mol. The van der Waals surface area contributed by atoms with Crippen molar-refractivity contribution in [3.63, 3.8) is 0 Å². The summed E-state index contributed by atoms with van der Waals surface area (Å²) in [4.78, 5) is 9.36. The summed E-state index contributed by atoms with van der Waals surface area (Å²) < 4.78 is 5.48. The van der Waals surface area contributed by atoms with Gasteiger partial charge in [-0.2, -0.15) is 0 Å². The fourth-order valence-electron chi connectivity index (χ4n) is 3.23. The molecule has 2 heterocycles. The molecule has 0 bridgehead atoms. The van der Waals surface area contributed by atoms with Gasteiger partial charge in [0.05, 0.1) is 13.2 Å². The molecule has 2 fully saturated rings. The second kappa shape index (κ2) is 9.27. The van der Waals surface area contributed by atoms with Gasteiger partial charge in [0.25, 0.3) is 0 Å². The molecule has 6 heteroatoms. The van der Waals surface area contributed by atoms with Crippen LogP contribution in [0.1, 0.15) is 33.6 Å². The zero-order valence-corrected chi connectivity index (χ0v) is 16.9. The van der Waals surface area contributed by atoms with Crippen LogP contribution in [0.2, 0.25) is 0 Å². The fraction of sp³-hybridized carbons (Fsp3) is 0.938. The predicted molar refractivity (Wildman–Crippen MR) is 103 cm³/mol. The van der Waals surface area contributed by atoms with Crippen molar-refractivity contribution in [2.24, 2.45) is 10.4 Å². The molecule has 0 aromatic carbocycles. The van der Waals surface area contributed by atoms with Gasteiger partial charge < -0.3 is 15.0 Å². The molecule has 22 heavy (non-hydrogen) atoms. The highest BCUT2D eigenvalue weighted by atomic mass is 127. The second-order valence-electron chi connectivity index (χ2n) is 6.77. The third kappa shape index (κ3) is 5.23. The minimum Gasteiger partial charge on any atom is -0.379 e. The van der Waals surface area contributed by atoms with Crippen LogP contribution < -0.4 is 5.32 Å². The second-order valence-corrected chi connectivity index (χ2v) is 6.77. The Balaban J connectivity index is 0.00000242. The summed E-state index contributed by atoms with van der Waals surface area (Å²) in [6.07, 6.45) is 2.51. The number of rotatable bonds is 4. The molecule has 0 saturated carbocycles. The van der Waals surface area contributed by atoms with E-state index in [9.17, 15) is 0 Å². The van der Waals surface area contributed by atoms with Gasteiger partial charge in [-0.25, -0.2) is 0 Å². The number of hydrogen-bond donors (Lipinski definition) is 1. The van der Waals surface area contributed by atoms with E-state index in [2.05, 4.69) is 40.9 Å². The lowest BCUT2D eigenvalue weighted by Crippen LogP contribution is -2.48. The Morgan fingerprint density at radius 2 is 2.18 bits per heavy atom. The van der Waals surface area contributed by atoms with Crippen LogP contribution in [0.3, 0.4) is 0 Å². The Kier molecular flexibility index (Phi) is 8.42. The first-order valence-corrected chi connectivity index (χ1v) is 8.35.